The molecule has 5 rings (SSSR count). The number of halogens is 3. The van der Waals surface area contributed by atoms with Gasteiger partial charge in [0, 0.05) is 23.4 Å². The highest BCUT2D eigenvalue weighted by molar-refractivity contribution is 7.19. The molecule has 1 aliphatic carbocycles. The molecule has 8 heteroatoms. The van der Waals surface area contributed by atoms with Gasteiger partial charge in [0.15, 0.2) is 0 Å². The first-order valence-corrected chi connectivity index (χ1v) is 11.6. The lowest BCUT2D eigenvalue weighted by Gasteiger charge is -2.08. The van der Waals surface area contributed by atoms with Crippen LogP contribution in [0.1, 0.15) is 57.7 Å². The molecule has 1 saturated carbocycles. The smallest absolute Gasteiger partial charge is 0.416 e. The number of alkyl halides is 3. The Morgan fingerprint density at radius 3 is 2.70 bits per heavy atom. The molecule has 170 valence electrons. The van der Waals surface area contributed by atoms with Gasteiger partial charge in [0.1, 0.15) is 5.56 Å². The van der Waals surface area contributed by atoms with Gasteiger partial charge in [-0.3, -0.25) is 0 Å². The van der Waals surface area contributed by atoms with Crippen molar-refractivity contribution in [1.82, 2.24) is 9.78 Å². The van der Waals surface area contributed by atoms with E-state index >= 15 is 0 Å². The number of carbonyl (C=O) groups excluding carboxylic acids is 1. The van der Waals surface area contributed by atoms with Crippen molar-refractivity contribution < 1.29 is 22.7 Å². The van der Waals surface area contributed by atoms with E-state index in [2.05, 4.69) is 0 Å². The summed E-state index contributed by atoms with van der Waals surface area (Å²) < 4.78 is 47.1. The predicted octanol–water partition coefficient (Wildman–Crippen LogP) is 6.75. The maximum absolute atomic E-state index is 13.1. The highest BCUT2D eigenvalue weighted by atomic mass is 32.1. The zero-order valence-corrected chi connectivity index (χ0v) is 18.7. The van der Waals surface area contributed by atoms with E-state index in [-0.39, 0.29) is 11.9 Å². The Labute approximate surface area is 192 Å². The molecule has 0 atom stereocenters. The number of carbonyl (C=O) groups is 1. The Morgan fingerprint density at radius 1 is 1.18 bits per heavy atom. The zero-order valence-electron chi connectivity index (χ0n) is 17.9. The largest absolute Gasteiger partial charge is 0.462 e. The van der Waals surface area contributed by atoms with Gasteiger partial charge in [-0.1, -0.05) is 30.3 Å². The fraction of sp³-hybridized carbons (Fsp3) is 0.280. The summed E-state index contributed by atoms with van der Waals surface area (Å²) in [5.41, 5.74) is 2.07. The molecule has 4 aromatic rings. The lowest BCUT2D eigenvalue weighted by Crippen LogP contribution is -2.05. The highest BCUT2D eigenvalue weighted by Crippen LogP contribution is 2.42. The van der Waals surface area contributed by atoms with Crippen molar-refractivity contribution in [2.75, 3.05) is 6.61 Å². The van der Waals surface area contributed by atoms with Crippen LogP contribution in [0.2, 0.25) is 0 Å². The molecule has 0 aliphatic heterocycles. The fourth-order valence-corrected chi connectivity index (χ4v) is 5.16. The van der Waals surface area contributed by atoms with Gasteiger partial charge in [-0.25, -0.2) is 9.48 Å². The van der Waals surface area contributed by atoms with Gasteiger partial charge < -0.3 is 4.74 Å². The Balaban J connectivity index is 1.50. The van der Waals surface area contributed by atoms with E-state index in [1.807, 2.05) is 24.3 Å². The minimum Gasteiger partial charge on any atom is -0.462 e. The molecule has 2 aromatic carbocycles. The van der Waals surface area contributed by atoms with Crippen molar-refractivity contribution >= 4 is 27.4 Å². The summed E-state index contributed by atoms with van der Waals surface area (Å²) in [6.45, 7) is 2.07. The summed E-state index contributed by atoms with van der Waals surface area (Å²) in [6.07, 6.45) is -0.212. The molecule has 2 heterocycles. The third-order valence-corrected chi connectivity index (χ3v) is 6.83. The van der Waals surface area contributed by atoms with E-state index in [4.69, 9.17) is 9.84 Å². The lowest BCUT2D eigenvalue weighted by atomic mass is 10.1. The van der Waals surface area contributed by atoms with Gasteiger partial charge in [0.25, 0.3) is 0 Å². The van der Waals surface area contributed by atoms with E-state index in [0.717, 1.165) is 45.3 Å². The predicted molar refractivity (Wildman–Crippen MR) is 121 cm³/mol. The summed E-state index contributed by atoms with van der Waals surface area (Å²) in [4.78, 5) is 13.4. The monoisotopic (exact) mass is 470 g/mol. The van der Waals surface area contributed by atoms with Crippen molar-refractivity contribution in [3.63, 3.8) is 0 Å². The van der Waals surface area contributed by atoms with Crippen LogP contribution in [0, 0.1) is 0 Å². The minimum absolute atomic E-state index is 0.282. The van der Waals surface area contributed by atoms with Crippen LogP contribution in [0.3, 0.4) is 0 Å². The van der Waals surface area contributed by atoms with Crippen LogP contribution in [0.5, 0.6) is 0 Å². The average molecular weight is 471 g/mol. The van der Waals surface area contributed by atoms with Gasteiger partial charge in [0.05, 0.1) is 28.3 Å². The minimum atomic E-state index is -4.36. The Hall–Kier alpha value is -3.13. The first-order chi connectivity index (χ1) is 15.8. The van der Waals surface area contributed by atoms with Gasteiger partial charge in [-0.05, 0) is 48.9 Å². The number of benzene rings is 2. The Morgan fingerprint density at radius 2 is 1.97 bits per heavy atom. The molecule has 0 bridgehead atoms. The quantitative estimate of drug-likeness (QED) is 0.293. The van der Waals surface area contributed by atoms with Crippen molar-refractivity contribution in [3.05, 3.63) is 82.0 Å². The van der Waals surface area contributed by atoms with Crippen molar-refractivity contribution in [1.29, 1.82) is 0 Å². The average Bonchev–Trinajstić information content (AvgIpc) is 3.38. The number of thiophene rings is 1. The number of aromatic nitrogens is 2. The van der Waals surface area contributed by atoms with Crippen LogP contribution in [0.4, 0.5) is 13.2 Å². The number of ether oxygens (including phenoxy) is 1. The molecular weight excluding hydrogens is 449 g/mol. The molecule has 0 amide bonds. The van der Waals surface area contributed by atoms with E-state index in [1.54, 1.807) is 23.9 Å². The number of nitrogens with zero attached hydrogens (tertiary/aromatic N) is 2. The number of hydrogen-bond donors (Lipinski definition) is 0. The lowest BCUT2D eigenvalue weighted by molar-refractivity contribution is -0.137. The molecule has 33 heavy (non-hydrogen) atoms. The highest BCUT2D eigenvalue weighted by Gasteiger charge is 2.33. The summed E-state index contributed by atoms with van der Waals surface area (Å²) in [7, 11) is 0. The summed E-state index contributed by atoms with van der Waals surface area (Å²) in [6, 6.07) is 13.3. The molecule has 0 spiro atoms. The zero-order chi connectivity index (χ0) is 23.2. The van der Waals surface area contributed by atoms with Crippen LogP contribution >= 0.6 is 11.3 Å². The molecule has 0 radical (unpaired) electrons. The maximum Gasteiger partial charge on any atom is 0.416 e. The fourth-order valence-electron chi connectivity index (χ4n) is 3.96. The molecule has 1 aliphatic rings. The van der Waals surface area contributed by atoms with E-state index in [1.165, 1.54) is 23.5 Å². The van der Waals surface area contributed by atoms with Crippen molar-refractivity contribution in [2.24, 2.45) is 0 Å². The third-order valence-electron chi connectivity index (χ3n) is 5.66. The van der Waals surface area contributed by atoms with Gasteiger partial charge in [-0.15, -0.1) is 11.3 Å². The third kappa shape index (κ3) is 4.39. The number of fused-ring (bicyclic) bond motifs is 1. The number of rotatable bonds is 6. The van der Waals surface area contributed by atoms with Crippen LogP contribution in [-0.2, 0) is 17.3 Å². The Kier molecular flexibility index (Phi) is 5.48. The molecule has 0 saturated heterocycles. The molecule has 1 fully saturated rings. The van der Waals surface area contributed by atoms with Gasteiger partial charge in [-0.2, -0.15) is 18.3 Å². The van der Waals surface area contributed by atoms with Gasteiger partial charge in [0.2, 0.25) is 0 Å². The standard InChI is InChI=1S/C25H21F3N2O2S/c1-2-32-24(31)20-14-30(29-22(20)16-9-10-16)21-8-4-6-17-13-19(33-23(17)21)12-15-5-3-7-18(11-15)25(26,27)28/h3-8,11,13-14,16H,2,9-10,12H2,1H3. The van der Waals surface area contributed by atoms with Crippen LogP contribution in [0.25, 0.3) is 15.8 Å². The van der Waals surface area contributed by atoms with Crippen molar-refractivity contribution in [2.45, 2.75) is 38.3 Å². The normalized spacial score (nSPS) is 14.1. The summed E-state index contributed by atoms with van der Waals surface area (Å²) in [5.74, 6) is -0.0843. The summed E-state index contributed by atoms with van der Waals surface area (Å²) >= 11 is 1.53. The summed E-state index contributed by atoms with van der Waals surface area (Å²) in [5, 5.41) is 5.71. The van der Waals surface area contributed by atoms with E-state index < -0.39 is 11.7 Å². The van der Waals surface area contributed by atoms with E-state index in [0.29, 0.717) is 24.2 Å². The Bertz CT molecular complexity index is 1340. The number of hydrogen-bond acceptors (Lipinski definition) is 4. The molecule has 2 aromatic heterocycles. The SMILES string of the molecule is CCOC(=O)c1cn(-c2cccc3cc(Cc4cccc(C(F)(F)F)c4)sc23)nc1C1CC1. The van der Waals surface area contributed by atoms with Crippen LogP contribution in [0.15, 0.2) is 54.7 Å². The van der Waals surface area contributed by atoms with Crippen LogP contribution in [-0.4, -0.2) is 22.4 Å². The second kappa shape index (κ2) is 8.33. The van der Waals surface area contributed by atoms with Crippen molar-refractivity contribution in [3.8, 4) is 5.69 Å². The topological polar surface area (TPSA) is 44.1 Å². The second-order valence-corrected chi connectivity index (χ2v) is 9.29. The first kappa shape index (κ1) is 21.7. The molecule has 0 unspecified atom stereocenters. The molecule has 4 nitrogen and oxygen atoms in total. The maximum atomic E-state index is 13.1. The van der Waals surface area contributed by atoms with Gasteiger partial charge >= 0.3 is 12.1 Å². The first-order valence-electron chi connectivity index (χ1n) is 10.8. The molecular formula is C25H21F3N2O2S. The second-order valence-electron chi connectivity index (χ2n) is 8.15. The van der Waals surface area contributed by atoms with E-state index in [9.17, 15) is 18.0 Å². The number of esters is 1. The molecule has 0 N–H and O–H groups in total. The van der Waals surface area contributed by atoms with Crippen LogP contribution < -0.4 is 0 Å².